The molecule has 164 valence electrons. The molecule has 11 heteroatoms. The Bertz CT molecular complexity index is 1070. The first-order valence-corrected chi connectivity index (χ1v) is 11.7. The molecule has 4 rings (SSSR count). The third-order valence-corrected chi connectivity index (χ3v) is 7.84. The number of amides is 1. The molecule has 0 bridgehead atoms. The zero-order chi connectivity index (χ0) is 21.7. The van der Waals surface area contributed by atoms with Crippen LogP contribution in [0, 0.1) is 12.8 Å². The number of aryl methyl sites for hydroxylation is 1. The van der Waals surface area contributed by atoms with Crippen LogP contribution in [0.3, 0.4) is 0 Å². The Morgan fingerprint density at radius 1 is 1.27 bits per heavy atom. The van der Waals surface area contributed by atoms with Gasteiger partial charge in [0.25, 0.3) is 5.71 Å². The van der Waals surface area contributed by atoms with Gasteiger partial charge in [0, 0.05) is 31.1 Å². The fraction of sp³-hybridized carbons (Fsp3) is 0.632. The molecular formula is C19H22F3N3O4S. The smallest absolute Gasteiger partial charge is 0.343 e. The second-order valence-electron chi connectivity index (χ2n) is 8.17. The van der Waals surface area contributed by atoms with Crippen molar-refractivity contribution in [2.45, 2.75) is 44.7 Å². The first-order chi connectivity index (χ1) is 14.0. The van der Waals surface area contributed by atoms with Crippen LogP contribution in [0.1, 0.15) is 48.6 Å². The SMILES string of the molecule is Cc1noc2nc(C3CCN(C(=O)C[C@H]4CCS(=O)(=O)C4)CC3)cc(C(F)(F)F)c12. The minimum Gasteiger partial charge on any atom is -0.343 e. The van der Waals surface area contributed by atoms with Crippen molar-refractivity contribution < 1.29 is 30.9 Å². The molecule has 2 fully saturated rings. The number of nitrogens with zero attached hydrogens (tertiary/aromatic N) is 3. The van der Waals surface area contributed by atoms with Crippen molar-refractivity contribution in [3.8, 4) is 0 Å². The summed E-state index contributed by atoms with van der Waals surface area (Å²) < 4.78 is 68.8. The van der Waals surface area contributed by atoms with Crippen LogP contribution in [0.5, 0.6) is 0 Å². The number of hydrogen-bond donors (Lipinski definition) is 0. The Balaban J connectivity index is 1.45. The van der Waals surface area contributed by atoms with Crippen molar-refractivity contribution in [1.29, 1.82) is 0 Å². The van der Waals surface area contributed by atoms with E-state index in [0.717, 1.165) is 6.07 Å². The Labute approximate surface area is 171 Å². The Morgan fingerprint density at radius 2 is 1.97 bits per heavy atom. The van der Waals surface area contributed by atoms with Gasteiger partial charge in [-0.05, 0) is 38.2 Å². The monoisotopic (exact) mass is 445 g/mol. The van der Waals surface area contributed by atoms with Crippen molar-refractivity contribution in [3.05, 3.63) is 23.0 Å². The summed E-state index contributed by atoms with van der Waals surface area (Å²) in [7, 11) is -3.03. The standard InChI is InChI=1S/C19H22F3N3O4S/c1-11-17-14(19(20,21)22)9-15(23-18(17)29-24-11)13-2-5-25(6-3-13)16(26)8-12-4-7-30(27,28)10-12/h9,12-13H,2-8,10H2,1H3/t12-/m1/s1. The molecule has 2 saturated heterocycles. The largest absolute Gasteiger partial charge is 0.417 e. The van der Waals surface area contributed by atoms with Crippen molar-refractivity contribution in [1.82, 2.24) is 15.0 Å². The summed E-state index contributed by atoms with van der Waals surface area (Å²) in [5, 5.41) is 3.50. The number of aromatic nitrogens is 2. The van der Waals surface area contributed by atoms with E-state index in [4.69, 9.17) is 4.52 Å². The minimum atomic E-state index is -4.55. The van der Waals surface area contributed by atoms with Gasteiger partial charge in [-0.15, -0.1) is 0 Å². The zero-order valence-corrected chi connectivity index (χ0v) is 17.2. The maximum absolute atomic E-state index is 13.5. The molecule has 30 heavy (non-hydrogen) atoms. The number of fused-ring (bicyclic) bond motifs is 1. The van der Waals surface area contributed by atoms with Gasteiger partial charge < -0.3 is 9.42 Å². The number of hydrogen-bond acceptors (Lipinski definition) is 6. The summed E-state index contributed by atoms with van der Waals surface area (Å²) in [5.41, 5.74) is -0.494. The lowest BCUT2D eigenvalue weighted by atomic mass is 9.91. The van der Waals surface area contributed by atoms with Gasteiger partial charge in [-0.25, -0.2) is 13.4 Å². The van der Waals surface area contributed by atoms with Gasteiger partial charge in [-0.2, -0.15) is 13.2 Å². The molecule has 0 radical (unpaired) electrons. The number of carbonyl (C=O) groups excluding carboxylic acids is 1. The molecule has 0 spiro atoms. The molecule has 0 saturated carbocycles. The number of sulfone groups is 1. The molecule has 4 heterocycles. The van der Waals surface area contributed by atoms with Gasteiger partial charge in [-0.1, -0.05) is 5.16 Å². The third kappa shape index (κ3) is 4.17. The van der Waals surface area contributed by atoms with E-state index < -0.39 is 21.6 Å². The number of likely N-dealkylation sites (tertiary alicyclic amines) is 1. The lowest BCUT2D eigenvalue weighted by Crippen LogP contribution is -2.39. The molecule has 2 aromatic heterocycles. The van der Waals surface area contributed by atoms with Crippen LogP contribution in [0.15, 0.2) is 10.6 Å². The van der Waals surface area contributed by atoms with Crippen LogP contribution < -0.4 is 0 Å². The second kappa shape index (κ2) is 7.51. The van der Waals surface area contributed by atoms with Crippen LogP contribution in [0.2, 0.25) is 0 Å². The number of pyridine rings is 1. The number of alkyl halides is 3. The minimum absolute atomic E-state index is 0.0515. The zero-order valence-electron chi connectivity index (χ0n) is 16.4. The van der Waals surface area contributed by atoms with Crippen LogP contribution in [-0.2, 0) is 20.8 Å². The predicted molar refractivity (Wildman–Crippen MR) is 101 cm³/mol. The van der Waals surface area contributed by atoms with Gasteiger partial charge in [0.2, 0.25) is 5.91 Å². The van der Waals surface area contributed by atoms with E-state index in [-0.39, 0.29) is 52.5 Å². The van der Waals surface area contributed by atoms with Gasteiger partial charge >= 0.3 is 6.18 Å². The maximum atomic E-state index is 13.5. The number of carbonyl (C=O) groups is 1. The van der Waals surface area contributed by atoms with E-state index in [1.54, 1.807) is 4.90 Å². The number of halogens is 3. The van der Waals surface area contributed by atoms with E-state index >= 15 is 0 Å². The fourth-order valence-corrected chi connectivity index (χ4v) is 6.24. The van der Waals surface area contributed by atoms with Gasteiger partial charge in [-0.3, -0.25) is 4.79 Å². The van der Waals surface area contributed by atoms with E-state index in [1.165, 1.54) is 6.92 Å². The summed E-state index contributed by atoms with van der Waals surface area (Å²) in [6.45, 7) is 2.25. The van der Waals surface area contributed by atoms with Crippen LogP contribution in [0.25, 0.3) is 11.1 Å². The van der Waals surface area contributed by atoms with Gasteiger partial charge in [0.15, 0.2) is 9.84 Å². The Kier molecular flexibility index (Phi) is 5.27. The van der Waals surface area contributed by atoms with Crippen LogP contribution in [0.4, 0.5) is 13.2 Å². The topological polar surface area (TPSA) is 93.4 Å². The molecule has 1 amide bonds. The number of piperidine rings is 1. The molecule has 2 aliphatic rings. The van der Waals surface area contributed by atoms with Crippen LogP contribution in [-0.4, -0.2) is 54.0 Å². The Hall–Kier alpha value is -2.17. The first kappa shape index (κ1) is 21.1. The molecule has 0 aliphatic carbocycles. The summed E-state index contributed by atoms with van der Waals surface area (Å²) in [6, 6.07) is 1.07. The second-order valence-corrected chi connectivity index (χ2v) is 10.4. The van der Waals surface area contributed by atoms with Crippen LogP contribution >= 0.6 is 0 Å². The van der Waals surface area contributed by atoms with E-state index in [0.29, 0.717) is 38.0 Å². The lowest BCUT2D eigenvalue weighted by Gasteiger charge is -2.32. The normalized spacial score (nSPS) is 22.7. The van der Waals surface area contributed by atoms with Crippen molar-refractivity contribution >= 4 is 26.8 Å². The fourth-order valence-electron chi connectivity index (χ4n) is 4.38. The first-order valence-electron chi connectivity index (χ1n) is 9.86. The summed E-state index contributed by atoms with van der Waals surface area (Å²) >= 11 is 0. The molecule has 7 nitrogen and oxygen atoms in total. The maximum Gasteiger partial charge on any atom is 0.417 e. The molecule has 0 aromatic carbocycles. The quantitative estimate of drug-likeness (QED) is 0.721. The van der Waals surface area contributed by atoms with E-state index in [2.05, 4.69) is 10.1 Å². The van der Waals surface area contributed by atoms with E-state index in [9.17, 15) is 26.4 Å². The van der Waals surface area contributed by atoms with Gasteiger partial charge in [0.1, 0.15) is 0 Å². The molecule has 2 aromatic rings. The third-order valence-electron chi connectivity index (χ3n) is 6.00. The molecule has 0 N–H and O–H groups in total. The molecular weight excluding hydrogens is 423 g/mol. The highest BCUT2D eigenvalue weighted by Crippen LogP contribution is 2.39. The molecule has 1 atom stereocenters. The predicted octanol–water partition coefficient (Wildman–Crippen LogP) is 3.08. The highest BCUT2D eigenvalue weighted by Gasteiger charge is 2.37. The van der Waals surface area contributed by atoms with Gasteiger partial charge in [0.05, 0.1) is 28.1 Å². The molecule has 2 aliphatic heterocycles. The average Bonchev–Trinajstić information content (AvgIpc) is 3.22. The Morgan fingerprint density at radius 3 is 2.57 bits per heavy atom. The summed E-state index contributed by atoms with van der Waals surface area (Å²) in [5.74, 6) is -0.286. The summed E-state index contributed by atoms with van der Waals surface area (Å²) in [6.07, 6.45) is -2.88. The number of rotatable bonds is 3. The lowest BCUT2D eigenvalue weighted by molar-refractivity contribution is -0.136. The van der Waals surface area contributed by atoms with E-state index in [1.807, 2.05) is 0 Å². The highest BCUT2D eigenvalue weighted by molar-refractivity contribution is 7.91. The van der Waals surface area contributed by atoms with Crippen molar-refractivity contribution in [2.24, 2.45) is 5.92 Å². The molecule has 0 unspecified atom stereocenters. The average molecular weight is 445 g/mol. The summed E-state index contributed by atoms with van der Waals surface area (Å²) in [4.78, 5) is 18.4. The van der Waals surface area contributed by atoms with Crippen molar-refractivity contribution in [3.63, 3.8) is 0 Å². The van der Waals surface area contributed by atoms with Crippen molar-refractivity contribution in [2.75, 3.05) is 24.6 Å². The highest BCUT2D eigenvalue weighted by atomic mass is 32.2.